The topological polar surface area (TPSA) is 52.1 Å². The molecule has 0 aromatic carbocycles. The lowest BCUT2D eigenvalue weighted by molar-refractivity contribution is -0.0835. The van der Waals surface area contributed by atoms with Crippen LogP contribution in [0.25, 0.3) is 0 Å². The van der Waals surface area contributed by atoms with Crippen molar-refractivity contribution in [2.24, 2.45) is 16.3 Å². The number of hydrogen-bond donors (Lipinski definition) is 2. The summed E-state index contributed by atoms with van der Waals surface area (Å²) < 4.78 is 6.10. The van der Waals surface area contributed by atoms with E-state index in [0.717, 1.165) is 58.3 Å². The van der Waals surface area contributed by atoms with Gasteiger partial charge in [0.15, 0.2) is 5.96 Å². The molecule has 3 unspecified atom stereocenters. The summed E-state index contributed by atoms with van der Waals surface area (Å²) in [5.41, 5.74) is 0.180. The Labute approximate surface area is 160 Å². The average Bonchev–Trinajstić information content (AvgIpc) is 2.61. The van der Waals surface area contributed by atoms with Crippen LogP contribution in [0.1, 0.15) is 40.5 Å². The number of ether oxygens (including phenoxy) is 1. The van der Waals surface area contributed by atoms with Crippen molar-refractivity contribution in [1.82, 2.24) is 20.4 Å². The molecule has 152 valence electrons. The van der Waals surface area contributed by atoms with Gasteiger partial charge in [-0.3, -0.25) is 9.89 Å². The average molecular weight is 368 g/mol. The first-order valence-corrected chi connectivity index (χ1v) is 10.3. The van der Waals surface area contributed by atoms with Gasteiger partial charge in [0.05, 0.1) is 6.10 Å². The first-order chi connectivity index (χ1) is 12.3. The zero-order chi connectivity index (χ0) is 19.2. The lowest BCUT2D eigenvalue weighted by atomic mass is 9.78. The maximum absolute atomic E-state index is 6.10. The minimum Gasteiger partial charge on any atom is -0.377 e. The lowest BCUT2D eigenvalue weighted by Gasteiger charge is -2.40. The van der Waals surface area contributed by atoms with Crippen molar-refractivity contribution in [2.45, 2.75) is 52.7 Å². The van der Waals surface area contributed by atoms with Gasteiger partial charge in [-0.2, -0.15) is 0 Å². The Hall–Kier alpha value is -0.850. The van der Waals surface area contributed by atoms with Crippen molar-refractivity contribution < 1.29 is 4.74 Å². The number of hydrogen-bond acceptors (Lipinski definition) is 4. The SMILES string of the molecule is CN=C(NCC1CCCOC1C(C)(C)C)NCC(C)N1CCN(C)CC1. The Kier molecular flexibility index (Phi) is 8.17. The molecule has 0 aliphatic carbocycles. The predicted molar refractivity (Wildman–Crippen MR) is 110 cm³/mol. The quantitative estimate of drug-likeness (QED) is 0.571. The highest BCUT2D eigenvalue weighted by molar-refractivity contribution is 5.79. The second kappa shape index (κ2) is 9.90. The fraction of sp³-hybridized carbons (Fsp3) is 0.950. The summed E-state index contributed by atoms with van der Waals surface area (Å²) in [5.74, 6) is 1.45. The second-order valence-electron chi connectivity index (χ2n) is 9.08. The highest BCUT2D eigenvalue weighted by atomic mass is 16.5. The van der Waals surface area contributed by atoms with E-state index >= 15 is 0 Å². The Morgan fingerprint density at radius 1 is 1.19 bits per heavy atom. The van der Waals surface area contributed by atoms with Crippen molar-refractivity contribution in [3.63, 3.8) is 0 Å². The Bertz CT molecular complexity index is 440. The van der Waals surface area contributed by atoms with Gasteiger partial charge in [0.2, 0.25) is 0 Å². The smallest absolute Gasteiger partial charge is 0.191 e. The van der Waals surface area contributed by atoms with E-state index in [1.165, 1.54) is 6.42 Å². The minimum atomic E-state index is 0.180. The van der Waals surface area contributed by atoms with Crippen LogP contribution in [0.2, 0.25) is 0 Å². The number of nitrogens with one attached hydrogen (secondary N) is 2. The first kappa shape index (κ1) is 21.5. The van der Waals surface area contributed by atoms with Crippen LogP contribution in [0.5, 0.6) is 0 Å². The Balaban J connectivity index is 1.76. The number of guanidine groups is 1. The summed E-state index contributed by atoms with van der Waals surface area (Å²) in [4.78, 5) is 9.37. The third kappa shape index (κ3) is 6.39. The summed E-state index contributed by atoms with van der Waals surface area (Å²) in [5, 5.41) is 7.05. The summed E-state index contributed by atoms with van der Waals surface area (Å²) in [6.07, 6.45) is 2.70. The fourth-order valence-electron chi connectivity index (χ4n) is 4.09. The van der Waals surface area contributed by atoms with Crippen molar-refractivity contribution >= 4 is 5.96 Å². The molecule has 0 radical (unpaired) electrons. The first-order valence-electron chi connectivity index (χ1n) is 10.3. The van der Waals surface area contributed by atoms with E-state index in [4.69, 9.17) is 4.74 Å². The molecular weight excluding hydrogens is 326 g/mol. The van der Waals surface area contributed by atoms with Crippen LogP contribution in [0.15, 0.2) is 4.99 Å². The number of rotatable bonds is 5. The van der Waals surface area contributed by atoms with Crippen LogP contribution in [-0.2, 0) is 4.74 Å². The molecule has 0 aromatic heterocycles. The van der Waals surface area contributed by atoms with Crippen LogP contribution in [0.3, 0.4) is 0 Å². The molecule has 2 heterocycles. The Morgan fingerprint density at radius 3 is 2.50 bits per heavy atom. The Morgan fingerprint density at radius 2 is 1.88 bits per heavy atom. The zero-order valence-corrected chi connectivity index (χ0v) is 17.8. The maximum atomic E-state index is 6.10. The van der Waals surface area contributed by atoms with Crippen molar-refractivity contribution in [1.29, 1.82) is 0 Å². The molecule has 2 aliphatic heterocycles. The van der Waals surface area contributed by atoms with E-state index in [1.807, 2.05) is 7.05 Å². The second-order valence-corrected chi connectivity index (χ2v) is 9.08. The molecule has 0 aromatic rings. The van der Waals surface area contributed by atoms with E-state index < -0.39 is 0 Å². The molecule has 26 heavy (non-hydrogen) atoms. The van der Waals surface area contributed by atoms with Gasteiger partial charge >= 0.3 is 0 Å². The van der Waals surface area contributed by atoms with Gasteiger partial charge in [0.1, 0.15) is 0 Å². The third-order valence-electron chi connectivity index (χ3n) is 5.78. The van der Waals surface area contributed by atoms with E-state index in [9.17, 15) is 0 Å². The minimum absolute atomic E-state index is 0.180. The highest BCUT2D eigenvalue weighted by Gasteiger charge is 2.35. The summed E-state index contributed by atoms with van der Waals surface area (Å²) in [6, 6.07) is 0.516. The van der Waals surface area contributed by atoms with Gasteiger partial charge in [-0.05, 0) is 32.2 Å². The van der Waals surface area contributed by atoms with Crippen LogP contribution in [-0.4, -0.2) is 87.9 Å². The molecule has 2 fully saturated rings. The summed E-state index contributed by atoms with van der Waals surface area (Å²) in [6.45, 7) is 16.5. The van der Waals surface area contributed by atoms with Gasteiger partial charge in [0.25, 0.3) is 0 Å². The molecule has 0 amide bonds. The molecule has 0 bridgehead atoms. The van der Waals surface area contributed by atoms with Gasteiger partial charge in [-0.1, -0.05) is 20.8 Å². The predicted octanol–water partition coefficient (Wildman–Crippen LogP) is 1.63. The van der Waals surface area contributed by atoms with E-state index in [1.54, 1.807) is 0 Å². The molecular formula is C20H41N5O. The van der Waals surface area contributed by atoms with E-state index in [2.05, 4.69) is 60.2 Å². The van der Waals surface area contributed by atoms with Crippen LogP contribution >= 0.6 is 0 Å². The normalized spacial score (nSPS) is 28.0. The van der Waals surface area contributed by atoms with Crippen LogP contribution in [0.4, 0.5) is 0 Å². The lowest BCUT2D eigenvalue weighted by Crippen LogP contribution is -2.53. The van der Waals surface area contributed by atoms with E-state index in [0.29, 0.717) is 18.1 Å². The molecule has 2 rings (SSSR count). The molecule has 2 aliphatic rings. The highest BCUT2D eigenvalue weighted by Crippen LogP contribution is 2.33. The molecule has 2 N–H and O–H groups in total. The molecule has 6 nitrogen and oxygen atoms in total. The van der Waals surface area contributed by atoms with Crippen LogP contribution < -0.4 is 10.6 Å². The standard InChI is InChI=1S/C20H41N5O/c1-16(25-11-9-24(6)10-12-25)14-22-19(21-5)23-15-17-8-7-13-26-18(17)20(2,3)4/h16-18H,7-15H2,1-6H3,(H2,21,22,23). The molecule has 0 spiro atoms. The third-order valence-corrected chi connectivity index (χ3v) is 5.78. The van der Waals surface area contributed by atoms with Crippen molar-refractivity contribution in [2.75, 3.05) is 60.0 Å². The monoisotopic (exact) mass is 367 g/mol. The molecule has 0 saturated carbocycles. The largest absolute Gasteiger partial charge is 0.377 e. The van der Waals surface area contributed by atoms with Gasteiger partial charge in [0, 0.05) is 64.9 Å². The van der Waals surface area contributed by atoms with Gasteiger partial charge in [-0.15, -0.1) is 0 Å². The van der Waals surface area contributed by atoms with Gasteiger partial charge < -0.3 is 20.3 Å². The van der Waals surface area contributed by atoms with Crippen molar-refractivity contribution in [3.8, 4) is 0 Å². The fourth-order valence-corrected chi connectivity index (χ4v) is 4.09. The molecule has 6 heteroatoms. The summed E-state index contributed by atoms with van der Waals surface area (Å²) >= 11 is 0. The summed E-state index contributed by atoms with van der Waals surface area (Å²) in [7, 11) is 4.06. The zero-order valence-electron chi connectivity index (χ0n) is 17.8. The number of piperazine rings is 1. The molecule has 2 saturated heterocycles. The number of likely N-dealkylation sites (N-methyl/N-ethyl adjacent to an activating group) is 1. The molecule has 3 atom stereocenters. The van der Waals surface area contributed by atoms with E-state index in [-0.39, 0.29) is 5.41 Å². The van der Waals surface area contributed by atoms with Gasteiger partial charge in [-0.25, -0.2) is 0 Å². The number of aliphatic imine (C=N–C) groups is 1. The van der Waals surface area contributed by atoms with Crippen molar-refractivity contribution in [3.05, 3.63) is 0 Å². The number of nitrogens with zero attached hydrogens (tertiary/aromatic N) is 3. The van der Waals surface area contributed by atoms with Crippen LogP contribution in [0, 0.1) is 11.3 Å². The maximum Gasteiger partial charge on any atom is 0.191 e.